The number of rotatable bonds is 7. The topological polar surface area (TPSA) is 102 Å². The molecule has 0 saturated carbocycles. The quantitative estimate of drug-likeness (QED) is 0.411. The Morgan fingerprint density at radius 2 is 1.49 bits per heavy atom. The maximum absolute atomic E-state index is 13.0. The minimum Gasteiger partial charge on any atom is -0.459 e. The van der Waals surface area contributed by atoms with Crippen LogP contribution in [0.4, 0.5) is 0 Å². The van der Waals surface area contributed by atoms with Gasteiger partial charge in [0.1, 0.15) is 31.0 Å². The summed E-state index contributed by atoms with van der Waals surface area (Å²) < 4.78 is 41.6. The van der Waals surface area contributed by atoms with E-state index < -0.39 is 36.5 Å². The molecule has 4 fully saturated rings. The van der Waals surface area contributed by atoms with Crippen molar-refractivity contribution < 1.29 is 42.7 Å². The van der Waals surface area contributed by atoms with Crippen LogP contribution in [0.15, 0.2) is 60.7 Å². The van der Waals surface area contributed by atoms with E-state index in [1.807, 2.05) is 26.0 Å². The molecule has 10 atom stereocenters. The van der Waals surface area contributed by atoms with E-state index in [9.17, 15) is 9.59 Å². The molecule has 2 aromatic carbocycles. The average molecular weight is 511 g/mol. The summed E-state index contributed by atoms with van der Waals surface area (Å²) in [5, 5.41) is 0. The predicted molar refractivity (Wildman–Crippen MR) is 128 cm³/mol. The van der Waals surface area contributed by atoms with Crippen LogP contribution < -0.4 is 0 Å². The SMILES string of the molecule is CC1[C@H](C)C(COC(=O)c2ccccc2)O[C@@H](O[C@@H]2C3CO[C@H](O3)C3O[C@@H]32)[C@H]1OC(=O)c1ccccc1. The van der Waals surface area contributed by atoms with Crippen molar-refractivity contribution in [3.8, 4) is 0 Å². The van der Waals surface area contributed by atoms with Gasteiger partial charge < -0.3 is 33.2 Å². The van der Waals surface area contributed by atoms with Gasteiger partial charge in [-0.3, -0.25) is 0 Å². The van der Waals surface area contributed by atoms with Crippen LogP contribution >= 0.6 is 0 Å². The highest BCUT2D eigenvalue weighted by molar-refractivity contribution is 5.89. The van der Waals surface area contributed by atoms with E-state index >= 15 is 0 Å². The smallest absolute Gasteiger partial charge is 0.338 e. The predicted octanol–water partition coefficient (Wildman–Crippen LogP) is 2.97. The summed E-state index contributed by atoms with van der Waals surface area (Å²) in [5.41, 5.74) is 0.909. The molecule has 6 rings (SSSR count). The minimum absolute atomic E-state index is 0.0385. The lowest BCUT2D eigenvalue weighted by molar-refractivity contribution is -0.298. The summed E-state index contributed by atoms with van der Waals surface area (Å²) in [5.74, 6) is -1.13. The Morgan fingerprint density at radius 3 is 2.19 bits per heavy atom. The van der Waals surface area contributed by atoms with Gasteiger partial charge in [-0.2, -0.15) is 0 Å². The molecule has 4 aliphatic rings. The zero-order valence-electron chi connectivity index (χ0n) is 20.6. The van der Waals surface area contributed by atoms with Gasteiger partial charge >= 0.3 is 11.9 Å². The molecule has 2 bridgehead atoms. The normalized spacial score (nSPS) is 37.9. The molecule has 9 nitrogen and oxygen atoms in total. The van der Waals surface area contributed by atoms with Crippen LogP contribution in [0, 0.1) is 11.8 Å². The molecule has 0 N–H and O–H groups in total. The van der Waals surface area contributed by atoms with Gasteiger partial charge in [0.2, 0.25) is 0 Å². The highest BCUT2D eigenvalue weighted by Gasteiger charge is 2.63. The summed E-state index contributed by atoms with van der Waals surface area (Å²) >= 11 is 0. The Bertz CT molecular complexity index is 1110. The van der Waals surface area contributed by atoms with Crippen LogP contribution in [-0.4, -0.2) is 74.4 Å². The summed E-state index contributed by atoms with van der Waals surface area (Å²) in [6.07, 6.45) is -3.49. The first-order valence-corrected chi connectivity index (χ1v) is 12.7. The Labute approximate surface area is 214 Å². The van der Waals surface area contributed by atoms with Crippen molar-refractivity contribution in [1.82, 2.24) is 0 Å². The van der Waals surface area contributed by atoms with Crippen molar-refractivity contribution in [2.45, 2.75) is 63.1 Å². The number of hydrogen-bond donors (Lipinski definition) is 0. The summed E-state index contributed by atoms with van der Waals surface area (Å²) in [4.78, 5) is 25.5. The molecule has 9 heteroatoms. The number of ether oxygens (including phenoxy) is 7. The molecule has 2 aromatic rings. The van der Waals surface area contributed by atoms with E-state index in [1.54, 1.807) is 48.5 Å². The number of epoxide rings is 1. The highest BCUT2D eigenvalue weighted by Crippen LogP contribution is 2.45. The van der Waals surface area contributed by atoms with Crippen molar-refractivity contribution in [2.75, 3.05) is 13.2 Å². The monoisotopic (exact) mass is 510 g/mol. The first-order valence-electron chi connectivity index (χ1n) is 12.7. The second kappa shape index (κ2) is 10.2. The molecule has 196 valence electrons. The van der Waals surface area contributed by atoms with E-state index in [-0.39, 0.29) is 43.0 Å². The van der Waals surface area contributed by atoms with Gasteiger partial charge in [0.05, 0.1) is 23.8 Å². The van der Waals surface area contributed by atoms with Crippen molar-refractivity contribution in [3.05, 3.63) is 71.8 Å². The van der Waals surface area contributed by atoms with Crippen LogP contribution in [-0.2, 0) is 33.2 Å². The Balaban J connectivity index is 1.19. The zero-order valence-corrected chi connectivity index (χ0v) is 20.6. The fourth-order valence-corrected chi connectivity index (χ4v) is 5.24. The van der Waals surface area contributed by atoms with Crippen molar-refractivity contribution in [1.29, 1.82) is 0 Å². The zero-order chi connectivity index (χ0) is 25.5. The van der Waals surface area contributed by atoms with Gasteiger partial charge in [0.25, 0.3) is 0 Å². The summed E-state index contributed by atoms with van der Waals surface area (Å²) in [7, 11) is 0. The minimum atomic E-state index is -0.908. The lowest BCUT2D eigenvalue weighted by Crippen LogP contribution is -2.56. The molecule has 37 heavy (non-hydrogen) atoms. The van der Waals surface area contributed by atoms with Gasteiger partial charge in [-0.05, 0) is 30.2 Å². The first-order chi connectivity index (χ1) is 18.0. The summed E-state index contributed by atoms with van der Waals surface area (Å²) in [6, 6.07) is 17.6. The van der Waals surface area contributed by atoms with E-state index in [0.717, 1.165) is 0 Å². The van der Waals surface area contributed by atoms with E-state index in [2.05, 4.69) is 0 Å². The van der Waals surface area contributed by atoms with Gasteiger partial charge in [-0.1, -0.05) is 50.2 Å². The number of hydrogen-bond acceptors (Lipinski definition) is 9. The van der Waals surface area contributed by atoms with Gasteiger partial charge in [-0.15, -0.1) is 0 Å². The molecule has 0 aromatic heterocycles. The number of carbonyl (C=O) groups excluding carboxylic acids is 2. The molecular formula is C28H30O9. The van der Waals surface area contributed by atoms with Gasteiger partial charge in [-0.25, -0.2) is 9.59 Å². The third-order valence-electron chi connectivity index (χ3n) is 7.70. The van der Waals surface area contributed by atoms with E-state index in [1.165, 1.54) is 0 Å². The molecule has 4 heterocycles. The Kier molecular flexibility index (Phi) is 6.73. The second-order valence-corrected chi connectivity index (χ2v) is 10.0. The number of fused-ring (bicyclic) bond motifs is 4. The van der Waals surface area contributed by atoms with Gasteiger partial charge in [0, 0.05) is 5.92 Å². The fourth-order valence-electron chi connectivity index (χ4n) is 5.24. The number of esters is 2. The third-order valence-corrected chi connectivity index (χ3v) is 7.70. The number of benzene rings is 2. The first kappa shape index (κ1) is 24.5. The Hall–Kier alpha value is -2.82. The number of carbonyl (C=O) groups is 2. The molecule has 0 amide bonds. The standard InChI is InChI=1S/C28H30O9/c1-15-16(2)21(36-26(30)18-11-7-4-8-12-18)28(37-22-20-14-32-27(34-20)24-23(22)35-24)33-19(15)13-31-25(29)17-9-5-3-6-10-17/h3-12,15-16,19-24,27-28H,13-14H2,1-2H3/t15-,16?,19?,20?,21-,22+,23+,24?,27+,28-/m0/s1. The molecule has 4 saturated heterocycles. The lowest BCUT2D eigenvalue weighted by atomic mass is 9.83. The molecule has 0 spiro atoms. The molecule has 0 radical (unpaired) electrons. The van der Waals surface area contributed by atoms with Crippen LogP contribution in [0.2, 0.25) is 0 Å². The largest absolute Gasteiger partial charge is 0.459 e. The van der Waals surface area contributed by atoms with Crippen LogP contribution in [0.1, 0.15) is 34.6 Å². The molecule has 4 aliphatic heterocycles. The third kappa shape index (κ3) is 4.89. The maximum atomic E-state index is 13.0. The molecular weight excluding hydrogens is 480 g/mol. The van der Waals surface area contributed by atoms with E-state index in [0.29, 0.717) is 17.7 Å². The molecule has 4 unspecified atom stereocenters. The van der Waals surface area contributed by atoms with Crippen molar-refractivity contribution in [3.63, 3.8) is 0 Å². The summed E-state index contributed by atoms with van der Waals surface area (Å²) in [6.45, 7) is 4.42. The van der Waals surface area contributed by atoms with Crippen LogP contribution in [0.25, 0.3) is 0 Å². The maximum Gasteiger partial charge on any atom is 0.338 e. The highest BCUT2D eigenvalue weighted by atomic mass is 16.8. The average Bonchev–Trinajstić information content (AvgIpc) is 3.62. The van der Waals surface area contributed by atoms with Crippen LogP contribution in [0.3, 0.4) is 0 Å². The lowest BCUT2D eigenvalue weighted by Gasteiger charge is -2.44. The van der Waals surface area contributed by atoms with Crippen molar-refractivity contribution in [2.24, 2.45) is 11.8 Å². The van der Waals surface area contributed by atoms with Gasteiger partial charge in [0.15, 0.2) is 18.7 Å². The second-order valence-electron chi connectivity index (χ2n) is 10.0. The van der Waals surface area contributed by atoms with Crippen molar-refractivity contribution >= 4 is 11.9 Å². The Morgan fingerprint density at radius 1 is 0.811 bits per heavy atom. The molecule has 0 aliphatic carbocycles. The van der Waals surface area contributed by atoms with Crippen LogP contribution in [0.5, 0.6) is 0 Å². The van der Waals surface area contributed by atoms with E-state index in [4.69, 9.17) is 33.2 Å². The fraction of sp³-hybridized carbons (Fsp3) is 0.500.